The van der Waals surface area contributed by atoms with Crippen LogP contribution in [0, 0.1) is 0 Å². The van der Waals surface area contributed by atoms with Crippen LogP contribution in [0.3, 0.4) is 0 Å². The monoisotopic (exact) mass is 438 g/mol. The predicted molar refractivity (Wildman–Crippen MR) is 129 cm³/mol. The van der Waals surface area contributed by atoms with E-state index in [1.54, 1.807) is 6.20 Å². The number of benzene rings is 2. The number of hydrogen-bond acceptors (Lipinski definition) is 4. The van der Waals surface area contributed by atoms with Crippen LogP contribution in [0.4, 0.5) is 5.69 Å². The standard InChI is InChI=1S/C27H26N4O2/c32-27(21-8-2-4-11-24(21)30-15-17-33-18-16-30)31-14-12-20-19-7-1-3-9-22(19)29-25(20)26(31)23-10-5-6-13-28-23/h1-11,13,26,29H,12,14-18H2. The second-order valence-corrected chi connectivity index (χ2v) is 8.59. The molecule has 1 unspecified atom stereocenters. The Hall–Kier alpha value is -3.64. The van der Waals surface area contributed by atoms with Gasteiger partial charge in [0.05, 0.1) is 24.5 Å². The van der Waals surface area contributed by atoms with E-state index < -0.39 is 0 Å². The number of anilines is 1. The number of ether oxygens (including phenoxy) is 1. The van der Waals surface area contributed by atoms with Crippen molar-refractivity contribution in [2.75, 3.05) is 37.7 Å². The smallest absolute Gasteiger partial charge is 0.256 e. The van der Waals surface area contributed by atoms with Crippen LogP contribution in [0.5, 0.6) is 0 Å². The third-order valence-corrected chi connectivity index (χ3v) is 6.75. The van der Waals surface area contributed by atoms with Gasteiger partial charge in [0.2, 0.25) is 0 Å². The second-order valence-electron chi connectivity index (χ2n) is 8.59. The third kappa shape index (κ3) is 3.47. The van der Waals surface area contributed by atoms with Crippen LogP contribution in [-0.4, -0.2) is 53.6 Å². The van der Waals surface area contributed by atoms with Gasteiger partial charge in [-0.05, 0) is 42.3 Å². The Bertz CT molecular complexity index is 1290. The van der Waals surface area contributed by atoms with Gasteiger partial charge < -0.3 is 19.5 Å². The van der Waals surface area contributed by atoms with E-state index in [4.69, 9.17) is 4.74 Å². The number of carbonyl (C=O) groups excluding carboxylic acids is 1. The van der Waals surface area contributed by atoms with Crippen LogP contribution >= 0.6 is 0 Å². The maximum atomic E-state index is 14.1. The number of nitrogens with one attached hydrogen (secondary N) is 1. The van der Waals surface area contributed by atoms with Crippen molar-refractivity contribution in [3.8, 4) is 0 Å². The lowest BCUT2D eigenvalue weighted by Gasteiger charge is -2.37. The fourth-order valence-electron chi connectivity index (χ4n) is 5.19. The van der Waals surface area contributed by atoms with Gasteiger partial charge in [-0.1, -0.05) is 36.4 Å². The Morgan fingerprint density at radius 2 is 1.73 bits per heavy atom. The predicted octanol–water partition coefficient (Wildman–Crippen LogP) is 4.19. The molecule has 1 N–H and O–H groups in total. The highest BCUT2D eigenvalue weighted by molar-refractivity contribution is 6.00. The summed E-state index contributed by atoms with van der Waals surface area (Å²) in [7, 11) is 0. The first-order chi connectivity index (χ1) is 16.3. The average Bonchev–Trinajstić information content (AvgIpc) is 3.27. The van der Waals surface area contributed by atoms with E-state index in [9.17, 15) is 4.79 Å². The van der Waals surface area contributed by atoms with Gasteiger partial charge in [0.15, 0.2) is 0 Å². The van der Waals surface area contributed by atoms with Crippen LogP contribution in [0.2, 0.25) is 0 Å². The van der Waals surface area contributed by atoms with Gasteiger partial charge in [-0.15, -0.1) is 0 Å². The van der Waals surface area contributed by atoms with Crippen LogP contribution in [0.15, 0.2) is 72.9 Å². The molecule has 4 aromatic rings. The first kappa shape index (κ1) is 20.0. The summed E-state index contributed by atoms with van der Waals surface area (Å²) in [6.45, 7) is 3.59. The Balaban J connectivity index is 1.45. The minimum absolute atomic E-state index is 0.0389. The zero-order valence-corrected chi connectivity index (χ0v) is 18.4. The van der Waals surface area contributed by atoms with Crippen molar-refractivity contribution >= 4 is 22.5 Å². The van der Waals surface area contributed by atoms with Crippen molar-refractivity contribution < 1.29 is 9.53 Å². The van der Waals surface area contributed by atoms with Crippen molar-refractivity contribution in [3.05, 3.63) is 95.4 Å². The number of H-pyrrole nitrogens is 1. The van der Waals surface area contributed by atoms with Gasteiger partial charge in [0.1, 0.15) is 6.04 Å². The second kappa shape index (κ2) is 8.37. The summed E-state index contributed by atoms with van der Waals surface area (Å²) in [6.07, 6.45) is 2.62. The molecular formula is C27H26N4O2. The quantitative estimate of drug-likeness (QED) is 0.521. The SMILES string of the molecule is O=C(c1ccccc1N1CCOCC1)N1CCc2c([nH]c3ccccc23)C1c1ccccn1. The molecule has 0 aliphatic carbocycles. The fraction of sp³-hybridized carbons (Fsp3) is 0.259. The van der Waals surface area contributed by atoms with Gasteiger partial charge in [-0.3, -0.25) is 9.78 Å². The fourth-order valence-corrected chi connectivity index (χ4v) is 5.19. The summed E-state index contributed by atoms with van der Waals surface area (Å²) in [5.74, 6) is 0.0389. The van der Waals surface area contributed by atoms with E-state index in [1.807, 2.05) is 53.4 Å². The zero-order valence-electron chi connectivity index (χ0n) is 18.4. The summed E-state index contributed by atoms with van der Waals surface area (Å²) >= 11 is 0. The number of para-hydroxylation sites is 2. The van der Waals surface area contributed by atoms with Crippen LogP contribution in [-0.2, 0) is 11.2 Å². The molecule has 0 saturated carbocycles. The zero-order chi connectivity index (χ0) is 22.2. The Morgan fingerprint density at radius 1 is 0.939 bits per heavy atom. The lowest BCUT2D eigenvalue weighted by atomic mass is 9.94. The van der Waals surface area contributed by atoms with Gasteiger partial charge in [-0.2, -0.15) is 0 Å². The maximum absolute atomic E-state index is 14.1. The Kier molecular flexibility index (Phi) is 5.07. The topological polar surface area (TPSA) is 61.5 Å². The molecule has 1 amide bonds. The molecule has 6 rings (SSSR count). The van der Waals surface area contributed by atoms with Crippen LogP contribution in [0.1, 0.15) is 33.4 Å². The van der Waals surface area contributed by atoms with E-state index in [0.29, 0.717) is 19.8 Å². The molecule has 2 aromatic heterocycles. The molecule has 2 aliphatic heterocycles. The van der Waals surface area contributed by atoms with E-state index in [-0.39, 0.29) is 11.9 Å². The molecule has 4 heterocycles. The molecule has 0 spiro atoms. The molecule has 0 radical (unpaired) electrons. The number of morpholine rings is 1. The number of nitrogens with zero attached hydrogens (tertiary/aromatic N) is 3. The van der Waals surface area contributed by atoms with E-state index in [2.05, 4.69) is 33.1 Å². The van der Waals surface area contributed by atoms with Gasteiger partial charge >= 0.3 is 0 Å². The molecule has 6 nitrogen and oxygen atoms in total. The highest BCUT2D eigenvalue weighted by Gasteiger charge is 2.36. The number of aromatic nitrogens is 2. The normalized spacial score (nSPS) is 18.4. The molecular weight excluding hydrogens is 412 g/mol. The summed E-state index contributed by atoms with van der Waals surface area (Å²) < 4.78 is 5.53. The summed E-state index contributed by atoms with van der Waals surface area (Å²) in [6, 6.07) is 22.0. The molecule has 1 fully saturated rings. The van der Waals surface area contributed by atoms with Crippen molar-refractivity contribution in [2.24, 2.45) is 0 Å². The number of amides is 1. The van der Waals surface area contributed by atoms with E-state index in [0.717, 1.165) is 47.7 Å². The third-order valence-electron chi connectivity index (χ3n) is 6.75. The summed E-state index contributed by atoms with van der Waals surface area (Å²) in [5, 5.41) is 1.23. The highest BCUT2D eigenvalue weighted by Crippen LogP contribution is 2.39. The molecule has 0 bridgehead atoms. The summed E-state index contributed by atoms with van der Waals surface area (Å²) in [5.41, 5.74) is 6.05. The minimum atomic E-state index is -0.257. The van der Waals surface area contributed by atoms with E-state index >= 15 is 0 Å². The number of pyridine rings is 1. The van der Waals surface area contributed by atoms with Crippen LogP contribution < -0.4 is 4.90 Å². The Morgan fingerprint density at radius 3 is 2.58 bits per heavy atom. The van der Waals surface area contributed by atoms with Crippen molar-refractivity contribution in [1.29, 1.82) is 0 Å². The number of carbonyl (C=O) groups is 1. The van der Waals surface area contributed by atoms with Gasteiger partial charge in [0.25, 0.3) is 5.91 Å². The number of fused-ring (bicyclic) bond motifs is 3. The van der Waals surface area contributed by atoms with Crippen molar-refractivity contribution in [3.63, 3.8) is 0 Å². The maximum Gasteiger partial charge on any atom is 0.256 e. The largest absolute Gasteiger partial charge is 0.378 e. The molecule has 6 heteroatoms. The van der Waals surface area contributed by atoms with Crippen molar-refractivity contribution in [2.45, 2.75) is 12.5 Å². The first-order valence-corrected chi connectivity index (χ1v) is 11.5. The molecule has 1 saturated heterocycles. The molecule has 2 aliphatic rings. The van der Waals surface area contributed by atoms with Crippen molar-refractivity contribution in [1.82, 2.24) is 14.9 Å². The lowest BCUT2D eigenvalue weighted by molar-refractivity contribution is 0.0688. The van der Waals surface area contributed by atoms with Gasteiger partial charge in [-0.25, -0.2) is 0 Å². The lowest BCUT2D eigenvalue weighted by Crippen LogP contribution is -2.42. The van der Waals surface area contributed by atoms with E-state index in [1.165, 1.54) is 10.9 Å². The van der Waals surface area contributed by atoms with Gasteiger partial charge in [0, 0.05) is 48.1 Å². The minimum Gasteiger partial charge on any atom is -0.378 e. The molecule has 2 aromatic carbocycles. The molecule has 1 atom stereocenters. The number of rotatable bonds is 3. The highest BCUT2D eigenvalue weighted by atomic mass is 16.5. The molecule has 33 heavy (non-hydrogen) atoms. The van der Waals surface area contributed by atoms with Crippen LogP contribution in [0.25, 0.3) is 10.9 Å². The summed E-state index contributed by atoms with van der Waals surface area (Å²) in [4.78, 5) is 26.6. The Labute approximate surface area is 192 Å². The number of aromatic amines is 1. The number of hydrogen-bond donors (Lipinski definition) is 1. The first-order valence-electron chi connectivity index (χ1n) is 11.5. The average molecular weight is 439 g/mol. The molecule has 166 valence electrons.